The Morgan fingerprint density at radius 1 is 0.854 bits per heavy atom. The molecule has 6 nitrogen and oxygen atoms in total. The molecule has 0 spiro atoms. The predicted molar refractivity (Wildman–Crippen MR) is 130 cm³/mol. The van der Waals surface area contributed by atoms with Gasteiger partial charge in [-0.3, -0.25) is 0 Å². The zero-order valence-corrected chi connectivity index (χ0v) is 22.0. The number of aromatic nitrogens is 3. The monoisotopic (exact) mass is 608 g/mol. The van der Waals surface area contributed by atoms with Crippen LogP contribution < -0.4 is 5.32 Å². The minimum absolute atomic E-state index is 0.0871. The molecule has 41 heavy (non-hydrogen) atoms. The van der Waals surface area contributed by atoms with E-state index in [1.54, 1.807) is 10.9 Å². The molecule has 1 aromatic heterocycles. The quantitative estimate of drug-likeness (QED) is 0.280. The number of nitrogens with zero attached hydrogens (tertiary/aromatic N) is 3. The summed E-state index contributed by atoms with van der Waals surface area (Å²) in [5, 5.41) is 11.5. The Bertz CT molecular complexity index is 1480. The van der Waals surface area contributed by atoms with Gasteiger partial charge < -0.3 is 5.32 Å². The van der Waals surface area contributed by atoms with Gasteiger partial charge in [-0.05, 0) is 55.5 Å². The third kappa shape index (κ3) is 4.80. The first-order valence-electron chi connectivity index (χ1n) is 12.7. The summed E-state index contributed by atoms with van der Waals surface area (Å²) in [6.45, 7) is 1.50. The normalized spacial score (nSPS) is 22.9. The van der Waals surface area contributed by atoms with Gasteiger partial charge >= 0.3 is 18.0 Å². The van der Waals surface area contributed by atoms with Gasteiger partial charge in [-0.15, -0.1) is 5.10 Å². The van der Waals surface area contributed by atoms with Crippen LogP contribution in [0.2, 0.25) is 0 Å². The van der Waals surface area contributed by atoms with Crippen molar-refractivity contribution in [3.8, 4) is 0 Å². The van der Waals surface area contributed by atoms with Gasteiger partial charge in [0.1, 0.15) is 10.6 Å². The maximum Gasteiger partial charge on any atom is 0.435 e. The Morgan fingerprint density at radius 3 is 1.90 bits per heavy atom. The van der Waals surface area contributed by atoms with E-state index >= 15 is 0 Å². The summed E-state index contributed by atoms with van der Waals surface area (Å²) in [6, 6.07) is 5.92. The van der Waals surface area contributed by atoms with Crippen molar-refractivity contribution in [2.45, 2.75) is 65.3 Å². The second kappa shape index (κ2) is 10.0. The molecule has 2 heterocycles. The molecule has 0 atom stereocenters. The van der Waals surface area contributed by atoms with E-state index in [-0.39, 0.29) is 48.1 Å². The van der Waals surface area contributed by atoms with Crippen LogP contribution in [-0.2, 0) is 20.3 Å². The minimum Gasteiger partial charge on any atom is -0.315 e. The predicted octanol–water partition coefficient (Wildman–Crippen LogP) is 5.88. The van der Waals surface area contributed by atoms with E-state index in [4.69, 9.17) is 0 Å². The fourth-order valence-electron chi connectivity index (χ4n) is 5.53. The van der Waals surface area contributed by atoms with Crippen LogP contribution >= 0.6 is 0 Å². The Kier molecular flexibility index (Phi) is 7.20. The van der Waals surface area contributed by atoms with Crippen LogP contribution in [0.15, 0.2) is 59.6 Å². The van der Waals surface area contributed by atoms with Crippen molar-refractivity contribution < 1.29 is 43.5 Å². The number of nitrogens with one attached hydrogen (secondary N) is 1. The molecule has 1 saturated carbocycles. The van der Waals surface area contributed by atoms with E-state index in [9.17, 15) is 43.5 Å². The fourth-order valence-corrected chi connectivity index (χ4v) is 7.70. The molecular formula is C26H24F8N4O2S. The van der Waals surface area contributed by atoms with Crippen molar-refractivity contribution in [1.82, 2.24) is 20.3 Å². The molecule has 1 N–H and O–H groups in total. The Hall–Kier alpha value is -3.07. The van der Waals surface area contributed by atoms with E-state index in [1.165, 1.54) is 0 Å². The highest BCUT2D eigenvalue weighted by atomic mass is 32.2. The van der Waals surface area contributed by atoms with Crippen molar-refractivity contribution in [1.29, 1.82) is 0 Å². The van der Waals surface area contributed by atoms with Gasteiger partial charge in [-0.25, -0.2) is 21.9 Å². The first kappa shape index (κ1) is 29.4. The van der Waals surface area contributed by atoms with Crippen molar-refractivity contribution in [3.05, 3.63) is 77.4 Å². The fraction of sp³-hybridized carbons (Fsp3) is 0.462. The van der Waals surface area contributed by atoms with Gasteiger partial charge in [-0.2, -0.15) is 26.3 Å². The van der Waals surface area contributed by atoms with Gasteiger partial charge in [0, 0.05) is 30.8 Å². The number of alkyl halides is 7. The smallest absolute Gasteiger partial charge is 0.315 e. The largest absolute Gasteiger partial charge is 0.435 e. The van der Waals surface area contributed by atoms with Crippen LogP contribution in [0, 0.1) is 5.82 Å². The molecule has 2 aliphatic rings. The highest BCUT2D eigenvalue weighted by Crippen LogP contribution is 2.54. The van der Waals surface area contributed by atoms with E-state index in [2.05, 4.69) is 15.6 Å². The van der Waals surface area contributed by atoms with Crippen LogP contribution in [-0.4, -0.2) is 48.9 Å². The van der Waals surface area contributed by atoms with E-state index in [0.29, 0.717) is 12.1 Å². The Labute approximate surface area is 229 Å². The molecule has 0 radical (unpaired) electrons. The summed E-state index contributed by atoms with van der Waals surface area (Å²) >= 11 is 0. The van der Waals surface area contributed by atoms with Crippen LogP contribution in [0.25, 0.3) is 0 Å². The second-order valence-corrected chi connectivity index (χ2v) is 12.7. The van der Waals surface area contributed by atoms with Crippen LogP contribution in [0.3, 0.4) is 0 Å². The zero-order valence-electron chi connectivity index (χ0n) is 21.2. The average Bonchev–Trinajstić information content (AvgIpc) is 3.35. The van der Waals surface area contributed by atoms with Crippen molar-refractivity contribution in [2.24, 2.45) is 0 Å². The zero-order chi connectivity index (χ0) is 29.8. The number of benzene rings is 2. The van der Waals surface area contributed by atoms with Crippen LogP contribution in [0.1, 0.15) is 54.5 Å². The maximum atomic E-state index is 14.6. The molecule has 1 aliphatic heterocycles. The molecule has 2 fully saturated rings. The topological polar surface area (TPSA) is 76.9 Å². The lowest BCUT2D eigenvalue weighted by molar-refractivity contribution is -0.348. The lowest BCUT2D eigenvalue weighted by Crippen LogP contribution is -2.50. The molecule has 5 rings (SSSR count). The Balaban J connectivity index is 1.53. The van der Waals surface area contributed by atoms with Gasteiger partial charge in [0.15, 0.2) is 9.84 Å². The first-order valence-corrected chi connectivity index (χ1v) is 14.1. The van der Waals surface area contributed by atoms with Crippen LogP contribution in [0.4, 0.5) is 35.1 Å². The maximum absolute atomic E-state index is 14.6. The lowest BCUT2D eigenvalue weighted by Gasteiger charge is -2.40. The molecular weight excluding hydrogens is 584 g/mol. The van der Waals surface area contributed by atoms with Gasteiger partial charge in [-0.1, -0.05) is 29.5 Å². The summed E-state index contributed by atoms with van der Waals surface area (Å²) in [5.41, 5.74) is -6.69. The molecule has 0 unspecified atom stereocenters. The summed E-state index contributed by atoms with van der Waals surface area (Å²) in [6.07, 6.45) is -10.6. The number of rotatable bonds is 6. The van der Waals surface area contributed by atoms with Crippen molar-refractivity contribution in [3.63, 3.8) is 0 Å². The molecule has 222 valence electrons. The molecule has 2 aromatic carbocycles. The SMILES string of the molecule is O=S(=O)(c1ccc(F)cc1)[C@]1(c2ccc(C(F)(C(F)(F)F)C(F)(F)F)cc2)CC[C@H](n2cc(C3CNC3)nn2)CC1. The van der Waals surface area contributed by atoms with E-state index in [1.807, 2.05) is 0 Å². The number of halogens is 8. The summed E-state index contributed by atoms with van der Waals surface area (Å²) in [7, 11) is -4.37. The number of sulfone groups is 1. The summed E-state index contributed by atoms with van der Waals surface area (Å²) < 4.78 is 136. The van der Waals surface area contributed by atoms with Gasteiger partial charge in [0.05, 0.1) is 16.6 Å². The highest BCUT2D eigenvalue weighted by molar-refractivity contribution is 7.92. The Morgan fingerprint density at radius 2 is 1.41 bits per heavy atom. The van der Waals surface area contributed by atoms with E-state index in [0.717, 1.165) is 55.2 Å². The van der Waals surface area contributed by atoms with Crippen molar-refractivity contribution in [2.75, 3.05) is 13.1 Å². The third-order valence-electron chi connectivity index (χ3n) is 8.09. The molecule has 3 aromatic rings. The second-order valence-electron chi connectivity index (χ2n) is 10.4. The molecule has 0 bridgehead atoms. The molecule has 1 saturated heterocycles. The van der Waals surface area contributed by atoms with Gasteiger partial charge in [0.25, 0.3) is 0 Å². The molecule has 15 heteroatoms. The van der Waals surface area contributed by atoms with Crippen molar-refractivity contribution >= 4 is 9.84 Å². The standard InChI is InChI=1S/C26H24F8N4O2S/c27-19-5-7-21(8-6-19)41(39,40)23(11-9-20(10-12-23)38-15-22(36-37-38)16-13-35-14-16)17-1-3-18(4-2-17)24(28,25(29,30)31)26(32,33)34/h1-8,15-16,20,35H,9-14H2/t20-,23+. The summed E-state index contributed by atoms with van der Waals surface area (Å²) in [4.78, 5) is -0.271. The minimum atomic E-state index is -6.31. The highest BCUT2D eigenvalue weighted by Gasteiger charge is 2.73. The van der Waals surface area contributed by atoms with E-state index < -0.39 is 44.0 Å². The summed E-state index contributed by atoms with van der Waals surface area (Å²) in [5.74, 6) is -0.492. The first-order chi connectivity index (χ1) is 19.1. The lowest BCUT2D eigenvalue weighted by atomic mass is 9.80. The number of hydrogen-bond acceptors (Lipinski definition) is 5. The number of hydrogen-bond donors (Lipinski definition) is 1. The molecule has 1 aliphatic carbocycles. The van der Waals surface area contributed by atoms with Gasteiger partial charge in [0.2, 0.25) is 0 Å². The average molecular weight is 609 g/mol. The third-order valence-corrected chi connectivity index (χ3v) is 10.7. The molecule has 0 amide bonds. The van der Waals surface area contributed by atoms with Crippen LogP contribution in [0.5, 0.6) is 0 Å².